The number of hydrogen-bond acceptors (Lipinski definition) is 1. The van der Waals surface area contributed by atoms with Crippen molar-refractivity contribution in [2.45, 2.75) is 40.5 Å². The summed E-state index contributed by atoms with van der Waals surface area (Å²) in [5, 5.41) is 0. The Hall–Kier alpha value is -1.12. The third-order valence-electron chi connectivity index (χ3n) is 1.97. The van der Waals surface area contributed by atoms with E-state index in [9.17, 15) is 8.78 Å². The number of ether oxygens (including phenoxy) is 1. The fraction of sp³-hybridized carbons (Fsp3) is 0.538. The lowest BCUT2D eigenvalue weighted by molar-refractivity contribution is -0.0229. The first-order valence-electron chi connectivity index (χ1n) is 5.46. The van der Waals surface area contributed by atoms with Crippen LogP contribution in [0.15, 0.2) is 18.2 Å². The highest BCUT2D eigenvalue weighted by atomic mass is 19.3. The summed E-state index contributed by atoms with van der Waals surface area (Å²) < 4.78 is 29.9. The zero-order chi connectivity index (χ0) is 12.8. The Morgan fingerprint density at radius 3 is 2.12 bits per heavy atom. The van der Waals surface area contributed by atoms with E-state index >= 15 is 0 Å². The summed E-state index contributed by atoms with van der Waals surface area (Å²) in [6.07, 6.45) is 0. The van der Waals surface area contributed by atoms with E-state index in [1.165, 1.54) is 0 Å². The lowest BCUT2D eigenvalue weighted by Gasteiger charge is -2.12. The number of aryl methyl sites for hydroxylation is 2. The maximum atomic E-state index is 12.5. The Bertz CT molecular complexity index is 316. The van der Waals surface area contributed by atoms with Gasteiger partial charge in [-0.05, 0) is 37.1 Å². The molecular weight excluding hydrogens is 210 g/mol. The molecule has 0 unspecified atom stereocenters. The third kappa shape index (κ3) is 5.69. The molecule has 0 atom stereocenters. The van der Waals surface area contributed by atoms with Crippen LogP contribution >= 0.6 is 0 Å². The van der Waals surface area contributed by atoms with Gasteiger partial charge < -0.3 is 4.74 Å². The molecule has 16 heavy (non-hydrogen) atoms. The summed E-state index contributed by atoms with van der Waals surface area (Å²) in [5.41, 5.74) is 2.17. The van der Waals surface area contributed by atoms with E-state index in [4.69, 9.17) is 4.74 Å². The van der Waals surface area contributed by atoms with Crippen LogP contribution in [0.4, 0.5) is 8.78 Å². The van der Waals surface area contributed by atoms with Crippen molar-refractivity contribution >= 4 is 0 Å². The molecule has 0 aliphatic heterocycles. The van der Waals surface area contributed by atoms with Gasteiger partial charge in [-0.15, -0.1) is 0 Å². The van der Waals surface area contributed by atoms with Crippen molar-refractivity contribution in [3.05, 3.63) is 29.3 Å². The lowest BCUT2D eigenvalue weighted by Crippen LogP contribution is -2.20. The topological polar surface area (TPSA) is 9.23 Å². The maximum absolute atomic E-state index is 12.5. The van der Waals surface area contributed by atoms with Gasteiger partial charge in [0.05, 0.1) is 0 Å². The van der Waals surface area contributed by atoms with Crippen LogP contribution in [-0.2, 0) is 0 Å². The SMILES string of the molecule is CC.Cc1ccc(OCC(C)(F)F)cc1C. The first-order chi connectivity index (χ1) is 7.38. The van der Waals surface area contributed by atoms with E-state index in [1.807, 2.05) is 33.8 Å². The van der Waals surface area contributed by atoms with Crippen molar-refractivity contribution in [1.29, 1.82) is 0 Å². The summed E-state index contributed by atoms with van der Waals surface area (Å²) in [6, 6.07) is 5.33. The Labute approximate surface area is 96.4 Å². The molecule has 0 heterocycles. The van der Waals surface area contributed by atoms with Crippen molar-refractivity contribution in [2.24, 2.45) is 0 Å². The molecular formula is C13H20F2O. The first-order valence-corrected chi connectivity index (χ1v) is 5.46. The smallest absolute Gasteiger partial charge is 0.278 e. The van der Waals surface area contributed by atoms with Crippen LogP contribution in [0.3, 0.4) is 0 Å². The van der Waals surface area contributed by atoms with Crippen LogP contribution in [0.5, 0.6) is 5.75 Å². The molecule has 0 aromatic heterocycles. The highest BCUT2D eigenvalue weighted by Gasteiger charge is 2.21. The van der Waals surface area contributed by atoms with Crippen LogP contribution < -0.4 is 4.74 Å². The minimum absolute atomic E-state index is 0.495. The van der Waals surface area contributed by atoms with Gasteiger partial charge in [0, 0.05) is 6.92 Å². The number of benzene rings is 1. The van der Waals surface area contributed by atoms with Crippen LogP contribution in [0.25, 0.3) is 0 Å². The van der Waals surface area contributed by atoms with Crippen LogP contribution in [0, 0.1) is 13.8 Å². The Morgan fingerprint density at radius 2 is 1.69 bits per heavy atom. The van der Waals surface area contributed by atoms with Gasteiger partial charge in [-0.25, -0.2) is 8.78 Å². The molecule has 1 nitrogen and oxygen atoms in total. The van der Waals surface area contributed by atoms with Crippen LogP contribution in [0.2, 0.25) is 0 Å². The summed E-state index contributed by atoms with van der Waals surface area (Å²) in [5.74, 6) is -2.28. The molecule has 0 amide bonds. The van der Waals surface area contributed by atoms with Crippen molar-refractivity contribution in [1.82, 2.24) is 0 Å². The molecule has 0 fully saturated rings. The van der Waals surface area contributed by atoms with Gasteiger partial charge in [0.2, 0.25) is 0 Å². The Kier molecular flexibility index (Phi) is 6.01. The van der Waals surface area contributed by atoms with Gasteiger partial charge in [-0.3, -0.25) is 0 Å². The normalized spacial score (nSPS) is 10.4. The quantitative estimate of drug-likeness (QED) is 0.749. The molecule has 0 saturated heterocycles. The van der Waals surface area contributed by atoms with E-state index < -0.39 is 12.5 Å². The average molecular weight is 230 g/mol. The minimum atomic E-state index is -2.78. The monoisotopic (exact) mass is 230 g/mol. The second kappa shape index (κ2) is 6.46. The number of hydrogen-bond donors (Lipinski definition) is 0. The van der Waals surface area contributed by atoms with Gasteiger partial charge in [0.15, 0.2) is 6.61 Å². The molecule has 0 N–H and O–H groups in total. The molecule has 1 rings (SSSR count). The van der Waals surface area contributed by atoms with Crippen molar-refractivity contribution in [3.8, 4) is 5.75 Å². The zero-order valence-electron chi connectivity index (χ0n) is 10.6. The van der Waals surface area contributed by atoms with Gasteiger partial charge in [0.1, 0.15) is 5.75 Å². The minimum Gasteiger partial charge on any atom is -0.487 e. The highest BCUT2D eigenvalue weighted by Crippen LogP contribution is 2.19. The molecule has 0 saturated carbocycles. The largest absolute Gasteiger partial charge is 0.487 e. The molecule has 0 spiro atoms. The summed E-state index contributed by atoms with van der Waals surface area (Å²) >= 11 is 0. The second-order valence-corrected chi connectivity index (χ2v) is 3.60. The van der Waals surface area contributed by atoms with Crippen molar-refractivity contribution < 1.29 is 13.5 Å². The summed E-state index contributed by atoms with van der Waals surface area (Å²) in [6.45, 7) is 8.16. The average Bonchev–Trinajstić information content (AvgIpc) is 2.22. The molecule has 92 valence electrons. The molecule has 1 aromatic carbocycles. The fourth-order valence-corrected chi connectivity index (χ4v) is 1.01. The van der Waals surface area contributed by atoms with E-state index in [1.54, 1.807) is 12.1 Å². The lowest BCUT2D eigenvalue weighted by atomic mass is 10.1. The Morgan fingerprint density at radius 1 is 1.12 bits per heavy atom. The maximum Gasteiger partial charge on any atom is 0.278 e. The van der Waals surface area contributed by atoms with Crippen LogP contribution in [-0.4, -0.2) is 12.5 Å². The summed E-state index contributed by atoms with van der Waals surface area (Å²) in [4.78, 5) is 0. The number of alkyl halides is 2. The van der Waals surface area contributed by atoms with E-state index in [0.717, 1.165) is 18.1 Å². The highest BCUT2D eigenvalue weighted by molar-refractivity contribution is 5.33. The van der Waals surface area contributed by atoms with Crippen LogP contribution in [0.1, 0.15) is 31.9 Å². The van der Waals surface area contributed by atoms with Crippen molar-refractivity contribution in [3.63, 3.8) is 0 Å². The molecule has 0 aliphatic rings. The zero-order valence-corrected chi connectivity index (χ0v) is 10.6. The Balaban J connectivity index is 0.00000106. The van der Waals surface area contributed by atoms with E-state index in [-0.39, 0.29) is 0 Å². The van der Waals surface area contributed by atoms with E-state index in [2.05, 4.69) is 0 Å². The second-order valence-electron chi connectivity index (χ2n) is 3.60. The third-order valence-corrected chi connectivity index (χ3v) is 1.97. The molecule has 0 bridgehead atoms. The molecule has 0 radical (unpaired) electrons. The predicted octanol–water partition coefficient (Wildman–Crippen LogP) is 4.36. The molecule has 3 heteroatoms. The molecule has 0 aliphatic carbocycles. The fourth-order valence-electron chi connectivity index (χ4n) is 1.01. The van der Waals surface area contributed by atoms with Crippen molar-refractivity contribution in [2.75, 3.05) is 6.61 Å². The first kappa shape index (κ1) is 14.9. The van der Waals surface area contributed by atoms with Gasteiger partial charge >= 0.3 is 0 Å². The predicted molar refractivity (Wildman–Crippen MR) is 63.4 cm³/mol. The number of rotatable bonds is 3. The van der Waals surface area contributed by atoms with Gasteiger partial charge in [-0.1, -0.05) is 19.9 Å². The number of halogens is 2. The standard InChI is InChI=1S/C11H14F2O.C2H6/c1-8-4-5-10(6-9(8)2)14-7-11(3,12)13;1-2/h4-6H,7H2,1-3H3;1-2H3. The summed E-state index contributed by atoms with van der Waals surface area (Å²) in [7, 11) is 0. The molecule has 1 aromatic rings. The van der Waals surface area contributed by atoms with Gasteiger partial charge in [0.25, 0.3) is 5.92 Å². The van der Waals surface area contributed by atoms with E-state index in [0.29, 0.717) is 5.75 Å². The van der Waals surface area contributed by atoms with Gasteiger partial charge in [-0.2, -0.15) is 0 Å².